The summed E-state index contributed by atoms with van der Waals surface area (Å²) < 4.78 is 0. The van der Waals surface area contributed by atoms with Crippen molar-refractivity contribution < 1.29 is 4.79 Å². The molecule has 0 spiro atoms. The number of hydrogen-bond donors (Lipinski definition) is 1. The van der Waals surface area contributed by atoms with E-state index in [9.17, 15) is 4.79 Å². The number of benzene rings is 1. The van der Waals surface area contributed by atoms with Crippen LogP contribution in [0.4, 0.5) is 0 Å². The van der Waals surface area contributed by atoms with Crippen LogP contribution in [0.1, 0.15) is 36.8 Å². The highest BCUT2D eigenvalue weighted by Gasteiger charge is 2.40. The van der Waals surface area contributed by atoms with Crippen LogP contribution in [0.15, 0.2) is 24.4 Å². The quantitative estimate of drug-likeness (QED) is 0.775. The van der Waals surface area contributed by atoms with Crippen molar-refractivity contribution in [1.82, 2.24) is 9.88 Å². The van der Waals surface area contributed by atoms with E-state index in [1.165, 1.54) is 48.8 Å². The minimum atomic E-state index is 0.212. The summed E-state index contributed by atoms with van der Waals surface area (Å²) in [5, 5.41) is 1.48. The van der Waals surface area contributed by atoms with E-state index < -0.39 is 0 Å². The molecule has 2 heterocycles. The van der Waals surface area contributed by atoms with Crippen molar-refractivity contribution in [1.29, 1.82) is 0 Å². The number of thioether (sulfide) groups is 1. The lowest BCUT2D eigenvalue weighted by atomic mass is 9.72. The summed E-state index contributed by atoms with van der Waals surface area (Å²) in [6.07, 6.45) is 5.86. The highest BCUT2D eigenvalue weighted by atomic mass is 32.2. The lowest BCUT2D eigenvalue weighted by molar-refractivity contribution is -0.108. The smallest absolute Gasteiger partial charge is 0.158 e. The first-order chi connectivity index (χ1) is 12.2. The monoisotopic (exact) mass is 374 g/mol. The molecule has 134 valence electrons. The Balaban J connectivity index is 1.61. The molecular formula is C20H27N2OPS. The van der Waals surface area contributed by atoms with E-state index >= 15 is 0 Å². The fourth-order valence-corrected chi connectivity index (χ4v) is 6.14. The van der Waals surface area contributed by atoms with Crippen molar-refractivity contribution in [2.75, 3.05) is 24.6 Å². The number of H-pyrrole nitrogens is 1. The molecule has 0 bridgehead atoms. The van der Waals surface area contributed by atoms with Gasteiger partial charge in [0.15, 0.2) is 5.52 Å². The van der Waals surface area contributed by atoms with Crippen molar-refractivity contribution in [2.24, 2.45) is 5.92 Å². The third-order valence-corrected chi connectivity index (χ3v) is 7.47. The van der Waals surface area contributed by atoms with Crippen LogP contribution in [0.2, 0.25) is 0 Å². The second-order valence-corrected chi connectivity index (χ2v) is 9.21. The molecule has 5 heteroatoms. The molecule has 0 saturated carbocycles. The van der Waals surface area contributed by atoms with Crippen LogP contribution in [0.5, 0.6) is 0 Å². The van der Waals surface area contributed by atoms with Crippen LogP contribution < -0.4 is 0 Å². The van der Waals surface area contributed by atoms with E-state index in [1.54, 1.807) is 17.3 Å². The number of nitrogens with zero attached hydrogens (tertiary/aromatic N) is 1. The Labute approximate surface area is 156 Å². The maximum absolute atomic E-state index is 11.2. The molecule has 1 aromatic carbocycles. The van der Waals surface area contributed by atoms with Gasteiger partial charge in [0.25, 0.3) is 0 Å². The van der Waals surface area contributed by atoms with E-state index in [4.69, 9.17) is 0 Å². The molecule has 1 aliphatic heterocycles. The molecular weight excluding hydrogens is 347 g/mol. The fourth-order valence-electron chi connectivity index (χ4n) is 4.89. The highest BCUT2D eigenvalue weighted by molar-refractivity contribution is 8.00. The number of rotatable bonds is 6. The average Bonchev–Trinajstić information content (AvgIpc) is 3.00. The van der Waals surface area contributed by atoms with Gasteiger partial charge in [-0.05, 0) is 54.7 Å². The van der Waals surface area contributed by atoms with E-state index in [0.29, 0.717) is 23.6 Å². The number of carbonyl (C=O) groups excluding carboxylic acids is 1. The lowest BCUT2D eigenvalue weighted by Crippen LogP contribution is -2.50. The van der Waals surface area contributed by atoms with Crippen molar-refractivity contribution in [2.45, 2.75) is 38.1 Å². The van der Waals surface area contributed by atoms with E-state index in [1.807, 2.05) is 0 Å². The number of piperidine rings is 1. The number of likely N-dealkylation sites (tertiary alicyclic amines) is 1. The fraction of sp³-hybridized carbons (Fsp3) is 0.550. The van der Waals surface area contributed by atoms with E-state index in [0.717, 1.165) is 5.75 Å². The largest absolute Gasteiger partial charge is 0.361 e. The van der Waals surface area contributed by atoms with Crippen molar-refractivity contribution in [3.8, 4) is 0 Å². The zero-order valence-electron chi connectivity index (χ0n) is 14.8. The Morgan fingerprint density at radius 2 is 2.32 bits per heavy atom. The maximum Gasteiger partial charge on any atom is 0.158 e. The van der Waals surface area contributed by atoms with Gasteiger partial charge in [0.1, 0.15) is 0 Å². The van der Waals surface area contributed by atoms with Gasteiger partial charge in [0.05, 0.1) is 5.75 Å². The number of nitrogens with one attached hydrogen (secondary N) is 1. The van der Waals surface area contributed by atoms with Crippen molar-refractivity contribution in [3.05, 3.63) is 35.5 Å². The minimum Gasteiger partial charge on any atom is -0.361 e. The van der Waals surface area contributed by atoms with Crippen molar-refractivity contribution >= 4 is 37.4 Å². The van der Waals surface area contributed by atoms with Crippen LogP contribution in [0.3, 0.4) is 0 Å². The molecule has 0 amide bonds. The van der Waals surface area contributed by atoms with Gasteiger partial charge in [-0.15, -0.1) is 0 Å². The summed E-state index contributed by atoms with van der Waals surface area (Å²) in [5.41, 5.74) is 4.54. The number of fused-ring (bicyclic) bond motifs is 2. The van der Waals surface area contributed by atoms with Crippen LogP contribution in [0.25, 0.3) is 10.9 Å². The predicted molar refractivity (Wildman–Crippen MR) is 111 cm³/mol. The summed E-state index contributed by atoms with van der Waals surface area (Å²) in [4.78, 5) is 17.4. The lowest BCUT2D eigenvalue weighted by Gasteiger charge is -2.47. The van der Waals surface area contributed by atoms with Crippen LogP contribution in [0, 0.1) is 5.92 Å². The molecule has 1 fully saturated rings. The summed E-state index contributed by atoms with van der Waals surface area (Å²) in [6.45, 7) is 4.65. The Morgan fingerprint density at radius 3 is 3.12 bits per heavy atom. The van der Waals surface area contributed by atoms with Gasteiger partial charge in [0.2, 0.25) is 0 Å². The summed E-state index contributed by atoms with van der Waals surface area (Å²) in [5.74, 6) is 3.03. The molecule has 0 radical (unpaired) electrons. The van der Waals surface area contributed by atoms with Gasteiger partial charge < -0.3 is 4.98 Å². The third-order valence-electron chi connectivity index (χ3n) is 5.77. The molecule has 1 N–H and O–H groups in total. The van der Waals surface area contributed by atoms with Gasteiger partial charge in [-0.1, -0.05) is 28.3 Å². The number of hydrogen-bond acceptors (Lipinski definition) is 3. The topological polar surface area (TPSA) is 36.1 Å². The zero-order valence-corrected chi connectivity index (χ0v) is 16.8. The first-order valence-electron chi connectivity index (χ1n) is 9.36. The number of carbonyl (C=O) groups is 1. The van der Waals surface area contributed by atoms with Crippen LogP contribution in [-0.2, 0) is 11.2 Å². The van der Waals surface area contributed by atoms with Crippen LogP contribution in [-0.4, -0.2) is 46.0 Å². The Bertz CT molecular complexity index is 774. The number of aromatic amines is 1. The summed E-state index contributed by atoms with van der Waals surface area (Å²) in [7, 11) is 2.30. The normalized spacial score (nSPS) is 25.9. The Morgan fingerprint density at radius 1 is 1.44 bits per heavy atom. The number of aromatic nitrogens is 1. The molecule has 4 rings (SSSR count). The van der Waals surface area contributed by atoms with Crippen molar-refractivity contribution in [3.63, 3.8) is 0 Å². The van der Waals surface area contributed by atoms with Gasteiger partial charge in [-0.25, -0.2) is 0 Å². The molecule has 1 saturated heterocycles. The SMILES string of the molecule is CCCN1CC(CSCC(=O)P)CC2c3cccc4[nH]cc(c34)CC21. The van der Waals surface area contributed by atoms with Gasteiger partial charge >= 0.3 is 0 Å². The second kappa shape index (κ2) is 7.42. The predicted octanol–water partition coefficient (Wildman–Crippen LogP) is 4.04. The van der Waals surface area contributed by atoms with Gasteiger partial charge in [-0.2, -0.15) is 11.8 Å². The Hall–Kier alpha value is -0.830. The van der Waals surface area contributed by atoms with Gasteiger partial charge in [-0.3, -0.25) is 9.69 Å². The minimum absolute atomic E-state index is 0.212. The summed E-state index contributed by atoms with van der Waals surface area (Å²) >= 11 is 1.80. The Kier molecular flexibility index (Phi) is 5.22. The van der Waals surface area contributed by atoms with E-state index in [-0.39, 0.29) is 5.52 Å². The first-order valence-corrected chi connectivity index (χ1v) is 11.1. The molecule has 1 aliphatic carbocycles. The summed E-state index contributed by atoms with van der Waals surface area (Å²) in [6, 6.07) is 7.39. The molecule has 2 aliphatic rings. The van der Waals surface area contributed by atoms with Gasteiger partial charge in [0, 0.05) is 35.6 Å². The maximum atomic E-state index is 11.2. The zero-order chi connectivity index (χ0) is 17.4. The highest BCUT2D eigenvalue weighted by Crippen LogP contribution is 2.45. The standard InChI is InChI=1S/C20H27N2OPS/c1-2-6-22-10-13(11-25-12-19(23)24)7-16-15-4-3-5-17-20(15)14(9-21-17)8-18(16)22/h3-5,9,13,16,18,21H,2,6-8,10-12,24H2,1H3. The molecule has 4 unspecified atom stereocenters. The van der Waals surface area contributed by atoms with Crippen LogP contribution >= 0.6 is 21.0 Å². The third kappa shape index (κ3) is 3.41. The molecule has 25 heavy (non-hydrogen) atoms. The molecule has 2 aromatic rings. The average molecular weight is 374 g/mol. The molecule has 1 aromatic heterocycles. The molecule has 3 nitrogen and oxygen atoms in total. The first kappa shape index (κ1) is 17.6. The molecule has 4 atom stereocenters. The van der Waals surface area contributed by atoms with E-state index in [2.05, 4.69) is 50.4 Å². The second-order valence-electron chi connectivity index (χ2n) is 7.54.